The van der Waals surface area contributed by atoms with E-state index in [0.717, 1.165) is 6.07 Å². The Morgan fingerprint density at radius 3 is 2.41 bits per heavy atom. The zero-order valence-corrected chi connectivity index (χ0v) is 13.7. The van der Waals surface area contributed by atoms with Gasteiger partial charge in [-0.3, -0.25) is 9.59 Å². The fraction of sp³-hybridized carbons (Fsp3) is 0.500. The first-order chi connectivity index (χ1) is 10.2. The van der Waals surface area contributed by atoms with Crippen molar-refractivity contribution >= 4 is 11.8 Å². The van der Waals surface area contributed by atoms with Crippen molar-refractivity contribution in [1.82, 2.24) is 10.2 Å². The average molecular weight is 310 g/mol. The average Bonchev–Trinajstić information content (AvgIpc) is 2.42. The Hall–Kier alpha value is -2.11. The quantitative estimate of drug-likeness (QED) is 0.907. The van der Waals surface area contributed by atoms with Gasteiger partial charge in [-0.15, -0.1) is 0 Å². The molecule has 0 atom stereocenters. The number of nitrogens with one attached hydrogen (secondary N) is 1. The minimum atomic E-state index is -0.608. The first kappa shape index (κ1) is 17.9. The van der Waals surface area contributed by atoms with Gasteiger partial charge in [0.05, 0.1) is 13.7 Å². The third-order valence-corrected chi connectivity index (χ3v) is 2.92. The van der Waals surface area contributed by atoms with Crippen LogP contribution in [0.15, 0.2) is 18.2 Å². The van der Waals surface area contributed by atoms with E-state index in [1.165, 1.54) is 24.1 Å². The lowest BCUT2D eigenvalue weighted by molar-refractivity contribution is -0.123. The molecule has 0 bridgehead atoms. The highest BCUT2D eigenvalue weighted by Gasteiger charge is 2.21. The molecule has 0 radical (unpaired) electrons. The first-order valence-electron chi connectivity index (χ1n) is 7.11. The Morgan fingerprint density at radius 1 is 1.32 bits per heavy atom. The summed E-state index contributed by atoms with van der Waals surface area (Å²) >= 11 is 0. The molecule has 0 aliphatic carbocycles. The maximum absolute atomic E-state index is 13.7. The predicted molar refractivity (Wildman–Crippen MR) is 82.4 cm³/mol. The monoisotopic (exact) mass is 310 g/mol. The third-order valence-electron chi connectivity index (χ3n) is 2.92. The molecule has 0 unspecified atom stereocenters. The Bertz CT molecular complexity index is 553. The van der Waals surface area contributed by atoms with Crippen LogP contribution in [0.2, 0.25) is 0 Å². The molecule has 1 aromatic rings. The Morgan fingerprint density at radius 2 is 1.95 bits per heavy atom. The van der Waals surface area contributed by atoms with Crippen molar-refractivity contribution in [3.05, 3.63) is 29.6 Å². The van der Waals surface area contributed by atoms with Crippen LogP contribution in [0.5, 0.6) is 5.75 Å². The maximum atomic E-state index is 13.7. The molecular formula is C16H23FN2O3. The molecule has 0 aromatic heterocycles. The van der Waals surface area contributed by atoms with Gasteiger partial charge in [-0.1, -0.05) is 0 Å². The lowest BCUT2D eigenvalue weighted by Crippen LogP contribution is -2.47. The molecular weight excluding hydrogens is 287 g/mol. The van der Waals surface area contributed by atoms with Crippen LogP contribution in [0.25, 0.3) is 0 Å². The van der Waals surface area contributed by atoms with Gasteiger partial charge in [0, 0.05) is 17.6 Å². The topological polar surface area (TPSA) is 58.6 Å². The van der Waals surface area contributed by atoms with Crippen LogP contribution in [0, 0.1) is 5.82 Å². The number of halogens is 1. The van der Waals surface area contributed by atoms with Gasteiger partial charge in [-0.05, 0) is 45.9 Å². The molecule has 1 rings (SSSR count). The highest BCUT2D eigenvalue weighted by atomic mass is 19.1. The number of hydrogen-bond acceptors (Lipinski definition) is 3. The molecule has 5 nitrogen and oxygen atoms in total. The van der Waals surface area contributed by atoms with Gasteiger partial charge in [-0.25, -0.2) is 4.39 Å². The molecule has 22 heavy (non-hydrogen) atoms. The lowest BCUT2D eigenvalue weighted by Gasteiger charge is -2.25. The Kier molecular flexibility index (Phi) is 5.91. The Labute approximate surface area is 130 Å². The molecule has 1 N–H and O–H groups in total. The fourth-order valence-electron chi connectivity index (χ4n) is 1.94. The molecule has 0 saturated heterocycles. The molecule has 0 aliphatic rings. The summed E-state index contributed by atoms with van der Waals surface area (Å²) in [4.78, 5) is 25.7. The molecule has 0 heterocycles. The molecule has 0 saturated carbocycles. The van der Waals surface area contributed by atoms with Crippen LogP contribution >= 0.6 is 0 Å². The van der Waals surface area contributed by atoms with Crippen LogP contribution in [-0.4, -0.2) is 42.5 Å². The van der Waals surface area contributed by atoms with Gasteiger partial charge in [-0.2, -0.15) is 0 Å². The normalized spacial score (nSPS) is 11.0. The van der Waals surface area contributed by atoms with Gasteiger partial charge in [0.15, 0.2) is 11.6 Å². The first-order valence-corrected chi connectivity index (χ1v) is 7.11. The summed E-state index contributed by atoms with van der Waals surface area (Å²) < 4.78 is 18.5. The maximum Gasteiger partial charge on any atom is 0.254 e. The second kappa shape index (κ2) is 7.24. The summed E-state index contributed by atoms with van der Waals surface area (Å²) in [6.07, 6.45) is 0. The van der Waals surface area contributed by atoms with Gasteiger partial charge in [0.1, 0.15) is 0 Å². The van der Waals surface area contributed by atoms with Gasteiger partial charge in [0.25, 0.3) is 5.91 Å². The van der Waals surface area contributed by atoms with Crippen molar-refractivity contribution in [2.45, 2.75) is 33.2 Å². The minimum absolute atomic E-state index is 0.0692. The minimum Gasteiger partial charge on any atom is -0.494 e. The van der Waals surface area contributed by atoms with E-state index in [2.05, 4.69) is 5.32 Å². The van der Waals surface area contributed by atoms with Gasteiger partial charge < -0.3 is 15.0 Å². The number of amides is 2. The van der Waals surface area contributed by atoms with Gasteiger partial charge >= 0.3 is 0 Å². The van der Waals surface area contributed by atoms with Gasteiger partial charge in [0.2, 0.25) is 5.91 Å². The van der Waals surface area contributed by atoms with Crippen molar-refractivity contribution in [2.24, 2.45) is 0 Å². The fourth-order valence-corrected chi connectivity index (χ4v) is 1.94. The zero-order valence-electron chi connectivity index (χ0n) is 13.7. The van der Waals surface area contributed by atoms with E-state index in [-0.39, 0.29) is 29.3 Å². The van der Waals surface area contributed by atoms with Crippen LogP contribution in [0.4, 0.5) is 4.39 Å². The predicted octanol–water partition coefficient (Wildman–Crippen LogP) is 2.21. The second-order valence-electron chi connectivity index (χ2n) is 5.97. The summed E-state index contributed by atoms with van der Waals surface area (Å²) in [5.74, 6) is -1.18. The van der Waals surface area contributed by atoms with Crippen molar-refractivity contribution < 1.29 is 18.7 Å². The number of hydrogen-bond donors (Lipinski definition) is 1. The summed E-state index contributed by atoms with van der Waals surface area (Å²) in [7, 11) is 1.36. The van der Waals surface area contributed by atoms with E-state index in [9.17, 15) is 14.0 Å². The van der Waals surface area contributed by atoms with Crippen LogP contribution in [-0.2, 0) is 4.79 Å². The van der Waals surface area contributed by atoms with E-state index in [1.54, 1.807) is 6.92 Å². The van der Waals surface area contributed by atoms with Crippen molar-refractivity contribution in [1.29, 1.82) is 0 Å². The zero-order chi connectivity index (χ0) is 16.9. The summed E-state index contributed by atoms with van der Waals surface area (Å²) in [5.41, 5.74) is -0.185. The highest BCUT2D eigenvalue weighted by Crippen LogP contribution is 2.18. The molecule has 122 valence electrons. The highest BCUT2D eigenvalue weighted by molar-refractivity contribution is 5.96. The van der Waals surface area contributed by atoms with Crippen LogP contribution < -0.4 is 10.1 Å². The van der Waals surface area contributed by atoms with E-state index in [0.29, 0.717) is 6.54 Å². The number of carbonyl (C=O) groups excluding carboxylic acids is 2. The van der Waals surface area contributed by atoms with E-state index in [4.69, 9.17) is 4.74 Å². The van der Waals surface area contributed by atoms with Crippen molar-refractivity contribution in [3.63, 3.8) is 0 Å². The standard InChI is InChI=1S/C16H23FN2O3/c1-6-19(10-14(20)18-16(2,3)4)15(21)11-7-8-13(22-5)12(17)9-11/h7-9H,6,10H2,1-5H3,(H,18,20). The molecule has 2 amide bonds. The third kappa shape index (κ3) is 5.02. The van der Waals surface area contributed by atoms with Crippen LogP contribution in [0.3, 0.4) is 0 Å². The Balaban J connectivity index is 2.84. The number of carbonyl (C=O) groups is 2. The second-order valence-corrected chi connectivity index (χ2v) is 5.97. The molecule has 0 aliphatic heterocycles. The van der Waals surface area contributed by atoms with E-state index in [1.807, 2.05) is 20.8 Å². The summed E-state index contributed by atoms with van der Waals surface area (Å²) in [6, 6.07) is 3.99. The van der Waals surface area contributed by atoms with E-state index < -0.39 is 11.7 Å². The SMILES string of the molecule is CCN(CC(=O)NC(C)(C)C)C(=O)c1ccc(OC)c(F)c1. The molecule has 0 fully saturated rings. The van der Waals surface area contributed by atoms with Crippen molar-refractivity contribution in [2.75, 3.05) is 20.2 Å². The molecule has 6 heteroatoms. The molecule has 0 spiro atoms. The number of ether oxygens (including phenoxy) is 1. The van der Waals surface area contributed by atoms with Crippen LogP contribution in [0.1, 0.15) is 38.1 Å². The van der Waals surface area contributed by atoms with Crippen molar-refractivity contribution in [3.8, 4) is 5.75 Å². The summed E-state index contributed by atoms with van der Waals surface area (Å²) in [6.45, 7) is 7.64. The number of benzene rings is 1. The van der Waals surface area contributed by atoms with E-state index >= 15 is 0 Å². The smallest absolute Gasteiger partial charge is 0.254 e. The number of nitrogens with zero attached hydrogens (tertiary/aromatic N) is 1. The molecule has 1 aromatic carbocycles. The largest absolute Gasteiger partial charge is 0.494 e. The summed E-state index contributed by atoms with van der Waals surface area (Å²) in [5, 5.41) is 2.79. The lowest BCUT2D eigenvalue weighted by atomic mass is 10.1. The number of methoxy groups -OCH3 is 1. The number of rotatable bonds is 5. The number of likely N-dealkylation sites (N-methyl/N-ethyl adjacent to an activating group) is 1.